The Labute approximate surface area is 192 Å². The number of nitrogens with one attached hydrogen (secondary N) is 1. The molecule has 3 rings (SSSR count). The van der Waals surface area contributed by atoms with Gasteiger partial charge in [0.2, 0.25) is 5.91 Å². The van der Waals surface area contributed by atoms with Crippen LogP contribution in [0.4, 0.5) is 17.2 Å². The predicted molar refractivity (Wildman–Crippen MR) is 129 cm³/mol. The molecule has 2 heterocycles. The number of nitrogens with two attached hydrogens (primary N) is 1. The highest BCUT2D eigenvalue weighted by Gasteiger charge is 2.26. The fourth-order valence-corrected chi connectivity index (χ4v) is 4.13. The molecule has 0 bridgehead atoms. The first kappa shape index (κ1) is 23.9. The van der Waals surface area contributed by atoms with E-state index < -0.39 is 11.2 Å². The van der Waals surface area contributed by atoms with Crippen LogP contribution in [-0.4, -0.2) is 59.6 Å². The molecule has 1 saturated heterocycles. The normalized spacial score (nSPS) is 14.5. The number of amides is 1. The van der Waals surface area contributed by atoms with Crippen LogP contribution in [0, 0.1) is 0 Å². The van der Waals surface area contributed by atoms with Crippen LogP contribution in [0.25, 0.3) is 0 Å². The highest BCUT2D eigenvalue weighted by molar-refractivity contribution is 6.30. The molecule has 1 aliphatic heterocycles. The van der Waals surface area contributed by atoms with Gasteiger partial charge in [-0.2, -0.15) is 0 Å². The highest BCUT2D eigenvalue weighted by atomic mass is 35.5. The zero-order valence-corrected chi connectivity index (χ0v) is 19.4. The number of unbranched alkanes of at least 4 members (excludes halogenated alkanes) is 1. The molecule has 9 nitrogen and oxygen atoms in total. The third-order valence-electron chi connectivity index (χ3n) is 5.74. The zero-order chi connectivity index (χ0) is 23.3. The lowest BCUT2D eigenvalue weighted by atomic mass is 10.2. The van der Waals surface area contributed by atoms with E-state index in [0.717, 1.165) is 31.6 Å². The van der Waals surface area contributed by atoms with Crippen molar-refractivity contribution in [1.82, 2.24) is 14.5 Å². The van der Waals surface area contributed by atoms with E-state index in [0.29, 0.717) is 24.7 Å². The summed E-state index contributed by atoms with van der Waals surface area (Å²) < 4.78 is 1.33. The van der Waals surface area contributed by atoms with Gasteiger partial charge in [0.25, 0.3) is 5.56 Å². The van der Waals surface area contributed by atoms with E-state index in [-0.39, 0.29) is 30.5 Å². The van der Waals surface area contributed by atoms with Gasteiger partial charge < -0.3 is 15.5 Å². The van der Waals surface area contributed by atoms with Gasteiger partial charge in [0.05, 0.1) is 6.54 Å². The van der Waals surface area contributed by atoms with Crippen molar-refractivity contribution in [2.45, 2.75) is 33.2 Å². The van der Waals surface area contributed by atoms with Gasteiger partial charge in [-0.15, -0.1) is 0 Å². The summed E-state index contributed by atoms with van der Waals surface area (Å²) in [6.45, 7) is 7.58. The molecule has 10 heteroatoms. The van der Waals surface area contributed by atoms with Crippen molar-refractivity contribution in [3.8, 4) is 0 Å². The molecular weight excluding hydrogens is 432 g/mol. The number of likely N-dealkylation sites (N-methyl/N-ethyl adjacent to an activating group) is 1. The van der Waals surface area contributed by atoms with Crippen LogP contribution in [0.1, 0.15) is 26.7 Å². The summed E-state index contributed by atoms with van der Waals surface area (Å²) >= 11 is 6.10. The lowest BCUT2D eigenvalue weighted by molar-refractivity contribution is -0.119. The molecule has 3 N–H and O–H groups in total. The second-order valence-corrected chi connectivity index (χ2v) is 8.32. The minimum Gasteiger partial charge on any atom is -0.383 e. The average molecular weight is 463 g/mol. The van der Waals surface area contributed by atoms with E-state index in [1.54, 1.807) is 6.92 Å². The van der Waals surface area contributed by atoms with Gasteiger partial charge in [-0.1, -0.05) is 31.0 Å². The number of aromatic amines is 1. The van der Waals surface area contributed by atoms with Crippen LogP contribution < -0.4 is 26.8 Å². The molecule has 174 valence electrons. The smallest absolute Gasteiger partial charge is 0.330 e. The Bertz CT molecular complexity index is 1060. The van der Waals surface area contributed by atoms with Crippen LogP contribution in [0.2, 0.25) is 5.02 Å². The standard InChI is InChI=1S/C22H31ClN6O3/c1-3-5-9-29-20(24)19(21(31)25-22(29)32)28(4-2)18(30)15-26-10-12-27(13-11-26)17-8-6-7-16(23)14-17/h6-8,14H,3-5,9-13,15,24H2,1-2H3,(H,25,31,32). The number of aromatic nitrogens is 2. The third kappa shape index (κ3) is 5.34. The summed E-state index contributed by atoms with van der Waals surface area (Å²) in [6, 6.07) is 7.73. The molecule has 32 heavy (non-hydrogen) atoms. The van der Waals surface area contributed by atoms with Gasteiger partial charge in [0.15, 0.2) is 5.69 Å². The predicted octanol–water partition coefficient (Wildman–Crippen LogP) is 1.75. The Morgan fingerprint density at radius 3 is 2.53 bits per heavy atom. The van der Waals surface area contributed by atoms with Gasteiger partial charge >= 0.3 is 5.69 Å². The number of nitrogen functional groups attached to an aromatic ring is 1. The molecule has 0 atom stereocenters. The van der Waals surface area contributed by atoms with Crippen molar-refractivity contribution in [2.75, 3.05) is 54.8 Å². The van der Waals surface area contributed by atoms with Crippen molar-refractivity contribution in [3.63, 3.8) is 0 Å². The Morgan fingerprint density at radius 2 is 1.91 bits per heavy atom. The number of halogens is 1. The van der Waals surface area contributed by atoms with Gasteiger partial charge in [-0.3, -0.25) is 24.0 Å². The van der Waals surface area contributed by atoms with Crippen molar-refractivity contribution in [1.29, 1.82) is 0 Å². The van der Waals surface area contributed by atoms with Crippen molar-refractivity contribution >= 4 is 34.7 Å². The molecule has 1 amide bonds. The van der Waals surface area contributed by atoms with E-state index in [1.807, 2.05) is 31.2 Å². The third-order valence-corrected chi connectivity index (χ3v) is 5.98. The summed E-state index contributed by atoms with van der Waals surface area (Å²) in [5.41, 5.74) is 6.11. The monoisotopic (exact) mass is 462 g/mol. The number of rotatable bonds is 8. The number of anilines is 3. The maximum absolute atomic E-state index is 13.1. The van der Waals surface area contributed by atoms with Crippen LogP contribution in [0.3, 0.4) is 0 Å². The SMILES string of the molecule is CCCCn1c(N)c(N(CC)C(=O)CN2CCN(c3cccc(Cl)c3)CC2)c(=O)[nH]c1=O. The summed E-state index contributed by atoms with van der Waals surface area (Å²) in [5.74, 6) is -0.185. The maximum atomic E-state index is 13.1. The van der Waals surface area contributed by atoms with E-state index in [4.69, 9.17) is 17.3 Å². The molecule has 0 unspecified atom stereocenters. The van der Waals surface area contributed by atoms with Crippen LogP contribution in [0.15, 0.2) is 33.9 Å². The minimum atomic E-state index is -0.638. The molecule has 1 aliphatic rings. The first-order chi connectivity index (χ1) is 15.3. The highest BCUT2D eigenvalue weighted by Crippen LogP contribution is 2.21. The van der Waals surface area contributed by atoms with Crippen molar-refractivity contribution in [2.24, 2.45) is 0 Å². The number of nitrogens with zero attached hydrogens (tertiary/aromatic N) is 4. The zero-order valence-electron chi connectivity index (χ0n) is 18.6. The lowest BCUT2D eigenvalue weighted by Gasteiger charge is -2.36. The Hall–Kier alpha value is -2.78. The minimum absolute atomic E-state index is 0.0353. The molecule has 1 fully saturated rings. The fourth-order valence-electron chi connectivity index (χ4n) is 3.95. The number of carbonyl (C=O) groups is 1. The molecule has 0 spiro atoms. The first-order valence-corrected chi connectivity index (χ1v) is 11.4. The largest absolute Gasteiger partial charge is 0.383 e. The van der Waals surface area contributed by atoms with Gasteiger partial charge in [0, 0.05) is 50.0 Å². The van der Waals surface area contributed by atoms with Crippen molar-refractivity contribution in [3.05, 3.63) is 50.1 Å². The second-order valence-electron chi connectivity index (χ2n) is 7.88. The summed E-state index contributed by atoms with van der Waals surface area (Å²) in [6.07, 6.45) is 1.62. The Balaban J connectivity index is 1.71. The molecule has 0 saturated carbocycles. The van der Waals surface area contributed by atoms with Crippen molar-refractivity contribution < 1.29 is 4.79 Å². The number of H-pyrrole nitrogens is 1. The summed E-state index contributed by atoms with van der Waals surface area (Å²) in [4.78, 5) is 45.8. The quantitative estimate of drug-likeness (QED) is 0.618. The first-order valence-electron chi connectivity index (χ1n) is 11.0. The Morgan fingerprint density at radius 1 is 1.19 bits per heavy atom. The number of piperazine rings is 1. The maximum Gasteiger partial charge on any atom is 0.330 e. The van der Waals surface area contributed by atoms with Gasteiger partial charge in [-0.05, 0) is 31.5 Å². The van der Waals surface area contributed by atoms with E-state index in [9.17, 15) is 14.4 Å². The van der Waals surface area contributed by atoms with E-state index in [1.165, 1.54) is 9.47 Å². The van der Waals surface area contributed by atoms with Crippen LogP contribution >= 0.6 is 11.6 Å². The topological polar surface area (TPSA) is 108 Å². The molecule has 2 aromatic rings. The van der Waals surface area contributed by atoms with Crippen LogP contribution in [0.5, 0.6) is 0 Å². The number of carbonyl (C=O) groups excluding carboxylic acids is 1. The average Bonchev–Trinajstić information content (AvgIpc) is 2.76. The van der Waals surface area contributed by atoms with Gasteiger partial charge in [-0.25, -0.2) is 4.79 Å². The number of hydrogen-bond acceptors (Lipinski definition) is 6. The Kier molecular flexibility index (Phi) is 7.98. The van der Waals surface area contributed by atoms with Crippen LogP contribution in [-0.2, 0) is 11.3 Å². The summed E-state index contributed by atoms with van der Waals surface area (Å²) in [7, 11) is 0. The molecule has 0 aliphatic carbocycles. The lowest BCUT2D eigenvalue weighted by Crippen LogP contribution is -2.51. The molecule has 1 aromatic heterocycles. The van der Waals surface area contributed by atoms with Gasteiger partial charge in [0.1, 0.15) is 5.82 Å². The molecule has 0 radical (unpaired) electrons. The number of hydrogen-bond donors (Lipinski definition) is 2. The second kappa shape index (κ2) is 10.7. The molecule has 1 aromatic carbocycles. The fraction of sp³-hybridized carbons (Fsp3) is 0.500. The summed E-state index contributed by atoms with van der Waals surface area (Å²) in [5, 5.41) is 0.696. The van der Waals surface area contributed by atoms with E-state index in [2.05, 4.69) is 14.8 Å². The molecular formula is C22H31ClN6O3. The van der Waals surface area contributed by atoms with E-state index >= 15 is 0 Å². The number of benzene rings is 1.